The van der Waals surface area contributed by atoms with Crippen LogP contribution in [-0.4, -0.2) is 21.3 Å². The zero-order valence-corrected chi connectivity index (χ0v) is 10.1. The lowest BCUT2D eigenvalue weighted by atomic mass is 10.1. The largest absolute Gasteiger partial charge is 0.478 e. The molecule has 0 spiro atoms. The summed E-state index contributed by atoms with van der Waals surface area (Å²) in [6.07, 6.45) is 0. The van der Waals surface area contributed by atoms with Crippen molar-refractivity contribution in [3.63, 3.8) is 0 Å². The zero-order valence-electron chi connectivity index (χ0n) is 8.46. The van der Waals surface area contributed by atoms with Crippen LogP contribution in [0.2, 0.25) is 0 Å². The minimum atomic E-state index is -1.13. The summed E-state index contributed by atoms with van der Waals surface area (Å²) in [4.78, 5) is 10.7. The summed E-state index contributed by atoms with van der Waals surface area (Å²) in [7, 11) is 0. The van der Waals surface area contributed by atoms with Gasteiger partial charge in [0.05, 0.1) is 5.56 Å². The Balaban J connectivity index is 2.13. The first-order valence-electron chi connectivity index (χ1n) is 4.57. The van der Waals surface area contributed by atoms with Crippen LogP contribution in [0, 0.1) is 5.82 Å². The second-order valence-electron chi connectivity index (χ2n) is 3.15. The predicted octanol–water partition coefficient (Wildman–Crippen LogP) is 2.67. The van der Waals surface area contributed by atoms with Gasteiger partial charge in [0.1, 0.15) is 11.3 Å². The Morgan fingerprint density at radius 1 is 1.47 bits per heavy atom. The molecule has 88 valence electrons. The highest BCUT2D eigenvalue weighted by molar-refractivity contribution is 8.00. The standard InChI is InChI=1S/C10H7FN2O2S2/c11-8-2-6(1-7(3-8)9(14)15)4-16-10-13-12-5-17-10/h1-3,5H,4H2,(H,14,15). The molecular formula is C10H7FN2O2S2. The predicted molar refractivity (Wildman–Crippen MR) is 62.8 cm³/mol. The highest BCUT2D eigenvalue weighted by Gasteiger charge is 2.08. The van der Waals surface area contributed by atoms with Crippen molar-refractivity contribution in [2.75, 3.05) is 0 Å². The molecule has 0 unspecified atom stereocenters. The minimum absolute atomic E-state index is 0.0436. The average Bonchev–Trinajstić information content (AvgIpc) is 2.78. The van der Waals surface area contributed by atoms with Gasteiger partial charge in [0.15, 0.2) is 4.34 Å². The number of carbonyl (C=O) groups is 1. The third-order valence-electron chi connectivity index (χ3n) is 1.91. The number of rotatable bonds is 4. The van der Waals surface area contributed by atoms with Crippen LogP contribution in [0.5, 0.6) is 0 Å². The topological polar surface area (TPSA) is 63.1 Å². The average molecular weight is 270 g/mol. The first kappa shape index (κ1) is 12.0. The Morgan fingerprint density at radius 3 is 2.94 bits per heavy atom. The first-order valence-corrected chi connectivity index (χ1v) is 6.43. The Hall–Kier alpha value is -1.47. The molecule has 1 aromatic heterocycles. The van der Waals surface area contributed by atoms with Gasteiger partial charge in [-0.2, -0.15) is 0 Å². The lowest BCUT2D eigenvalue weighted by Crippen LogP contribution is -1.98. The highest BCUT2D eigenvalue weighted by Crippen LogP contribution is 2.24. The van der Waals surface area contributed by atoms with E-state index in [-0.39, 0.29) is 5.56 Å². The van der Waals surface area contributed by atoms with E-state index in [0.717, 1.165) is 10.4 Å². The molecule has 2 rings (SSSR count). The van der Waals surface area contributed by atoms with E-state index >= 15 is 0 Å². The van der Waals surface area contributed by atoms with Gasteiger partial charge in [0, 0.05) is 5.75 Å². The van der Waals surface area contributed by atoms with Crippen LogP contribution in [0.15, 0.2) is 28.0 Å². The van der Waals surface area contributed by atoms with E-state index in [4.69, 9.17) is 5.11 Å². The van der Waals surface area contributed by atoms with E-state index in [1.165, 1.54) is 35.2 Å². The summed E-state index contributed by atoms with van der Waals surface area (Å²) < 4.78 is 13.9. The molecule has 0 bridgehead atoms. The van der Waals surface area contributed by atoms with Crippen molar-refractivity contribution in [2.24, 2.45) is 0 Å². The van der Waals surface area contributed by atoms with Crippen molar-refractivity contribution in [1.82, 2.24) is 10.2 Å². The number of thioether (sulfide) groups is 1. The molecule has 4 nitrogen and oxygen atoms in total. The molecule has 0 aliphatic rings. The van der Waals surface area contributed by atoms with Crippen molar-refractivity contribution in [2.45, 2.75) is 10.1 Å². The lowest BCUT2D eigenvalue weighted by Gasteiger charge is -2.01. The fourth-order valence-corrected chi connectivity index (χ4v) is 2.65. The summed E-state index contributed by atoms with van der Waals surface area (Å²) in [6, 6.07) is 3.78. The summed E-state index contributed by atoms with van der Waals surface area (Å²) >= 11 is 2.78. The van der Waals surface area contributed by atoms with Crippen molar-refractivity contribution in [1.29, 1.82) is 0 Å². The molecule has 0 saturated carbocycles. The summed E-state index contributed by atoms with van der Waals surface area (Å²) in [6.45, 7) is 0. The number of carboxylic acid groups (broad SMARTS) is 1. The third-order valence-corrected chi connectivity index (χ3v) is 3.84. The molecule has 0 radical (unpaired) electrons. The molecule has 7 heteroatoms. The Kier molecular flexibility index (Phi) is 3.70. The van der Waals surface area contributed by atoms with Gasteiger partial charge in [-0.1, -0.05) is 23.1 Å². The Bertz CT molecular complexity index is 531. The molecule has 1 aromatic carbocycles. The molecule has 1 heterocycles. The number of carboxylic acids is 1. The van der Waals surface area contributed by atoms with E-state index in [1.807, 2.05) is 0 Å². The van der Waals surface area contributed by atoms with Gasteiger partial charge in [-0.25, -0.2) is 9.18 Å². The van der Waals surface area contributed by atoms with Gasteiger partial charge in [-0.05, 0) is 23.8 Å². The maximum absolute atomic E-state index is 13.2. The van der Waals surface area contributed by atoms with Crippen LogP contribution in [0.1, 0.15) is 15.9 Å². The number of halogens is 1. The fraction of sp³-hybridized carbons (Fsp3) is 0.100. The van der Waals surface area contributed by atoms with Gasteiger partial charge < -0.3 is 5.11 Å². The molecule has 2 aromatic rings. The maximum Gasteiger partial charge on any atom is 0.335 e. The number of hydrogen-bond acceptors (Lipinski definition) is 5. The van der Waals surface area contributed by atoms with Crippen LogP contribution < -0.4 is 0 Å². The van der Waals surface area contributed by atoms with Crippen LogP contribution in [0.25, 0.3) is 0 Å². The first-order chi connectivity index (χ1) is 8.15. The zero-order chi connectivity index (χ0) is 12.3. The van der Waals surface area contributed by atoms with Crippen molar-refractivity contribution in [3.8, 4) is 0 Å². The number of aromatic nitrogens is 2. The molecule has 0 fully saturated rings. The normalized spacial score (nSPS) is 10.4. The summed E-state index contributed by atoms with van der Waals surface area (Å²) in [5.41, 5.74) is 2.18. The Labute approximate surface area is 105 Å². The smallest absolute Gasteiger partial charge is 0.335 e. The van der Waals surface area contributed by atoms with Gasteiger partial charge >= 0.3 is 5.97 Å². The minimum Gasteiger partial charge on any atom is -0.478 e. The van der Waals surface area contributed by atoms with Crippen molar-refractivity contribution >= 4 is 29.1 Å². The molecule has 1 N–H and O–H groups in total. The summed E-state index contributed by atoms with van der Waals surface area (Å²) in [5.74, 6) is -1.21. The second kappa shape index (κ2) is 5.24. The molecule has 17 heavy (non-hydrogen) atoms. The van der Waals surface area contributed by atoms with Gasteiger partial charge in [-0.3, -0.25) is 0 Å². The monoisotopic (exact) mass is 270 g/mol. The molecule has 0 atom stereocenters. The fourth-order valence-electron chi connectivity index (χ4n) is 1.23. The molecule has 0 aliphatic heterocycles. The number of nitrogens with zero attached hydrogens (tertiary/aromatic N) is 2. The van der Waals surface area contributed by atoms with Gasteiger partial charge in [0.2, 0.25) is 0 Å². The van der Waals surface area contributed by atoms with Gasteiger partial charge in [-0.15, -0.1) is 10.2 Å². The van der Waals surface area contributed by atoms with Crippen molar-refractivity contribution < 1.29 is 14.3 Å². The van der Waals surface area contributed by atoms with Crippen molar-refractivity contribution in [3.05, 3.63) is 40.7 Å². The van der Waals surface area contributed by atoms with Crippen LogP contribution in [0.3, 0.4) is 0 Å². The molecule has 0 aliphatic carbocycles. The quantitative estimate of drug-likeness (QED) is 0.865. The lowest BCUT2D eigenvalue weighted by molar-refractivity contribution is 0.0696. The molecule has 0 amide bonds. The number of aromatic carboxylic acids is 1. The third kappa shape index (κ3) is 3.24. The Morgan fingerprint density at radius 2 is 2.29 bits per heavy atom. The molecule has 0 saturated heterocycles. The number of hydrogen-bond donors (Lipinski definition) is 1. The van der Waals surface area contributed by atoms with Crippen LogP contribution >= 0.6 is 23.1 Å². The van der Waals surface area contributed by atoms with E-state index < -0.39 is 11.8 Å². The van der Waals surface area contributed by atoms with E-state index in [1.54, 1.807) is 5.51 Å². The van der Waals surface area contributed by atoms with Crippen LogP contribution in [-0.2, 0) is 5.75 Å². The summed E-state index contributed by atoms with van der Waals surface area (Å²) in [5, 5.41) is 16.3. The van der Waals surface area contributed by atoms with Gasteiger partial charge in [0.25, 0.3) is 0 Å². The number of benzene rings is 1. The SMILES string of the molecule is O=C(O)c1cc(F)cc(CSc2nncs2)c1. The van der Waals surface area contributed by atoms with Crippen LogP contribution in [0.4, 0.5) is 4.39 Å². The van der Waals surface area contributed by atoms with E-state index in [9.17, 15) is 9.18 Å². The maximum atomic E-state index is 13.2. The second-order valence-corrected chi connectivity index (χ2v) is 5.20. The van der Waals surface area contributed by atoms with E-state index in [2.05, 4.69) is 10.2 Å². The van der Waals surface area contributed by atoms with E-state index in [0.29, 0.717) is 11.3 Å². The highest BCUT2D eigenvalue weighted by atomic mass is 32.2. The molecular weight excluding hydrogens is 263 g/mol.